The predicted octanol–water partition coefficient (Wildman–Crippen LogP) is 1.95. The number of hydrogen-bond donors (Lipinski definition) is 0. The fourth-order valence-electron chi connectivity index (χ4n) is 3.84. The van der Waals surface area contributed by atoms with Crippen LogP contribution >= 0.6 is 0 Å². The molecule has 0 saturated heterocycles. The fourth-order valence-corrected chi connectivity index (χ4v) is 3.84. The van der Waals surface area contributed by atoms with Gasteiger partial charge in [-0.05, 0) is 17.9 Å². The van der Waals surface area contributed by atoms with Gasteiger partial charge in [-0.1, -0.05) is 19.4 Å². The van der Waals surface area contributed by atoms with Gasteiger partial charge in [0.2, 0.25) is 5.91 Å². The Morgan fingerprint density at radius 2 is 2.32 bits per heavy atom. The van der Waals surface area contributed by atoms with E-state index in [-0.39, 0.29) is 5.91 Å². The van der Waals surface area contributed by atoms with Crippen LogP contribution in [0.25, 0.3) is 0 Å². The third-order valence-electron chi connectivity index (χ3n) is 5.18. The maximum absolute atomic E-state index is 11.7. The highest BCUT2D eigenvalue weighted by Crippen LogP contribution is 2.33. The van der Waals surface area contributed by atoms with Gasteiger partial charge in [-0.15, -0.1) is 0 Å². The molecule has 4 rings (SSSR count). The molecule has 22 heavy (non-hydrogen) atoms. The van der Waals surface area contributed by atoms with E-state index in [4.69, 9.17) is 10.1 Å². The molecular weight excluding hydrogens is 276 g/mol. The van der Waals surface area contributed by atoms with Gasteiger partial charge in [-0.2, -0.15) is 5.10 Å². The summed E-state index contributed by atoms with van der Waals surface area (Å²) in [5.74, 6) is 0.774. The van der Waals surface area contributed by atoms with Gasteiger partial charge >= 0.3 is 0 Å². The Labute approximate surface area is 130 Å². The molecule has 1 aromatic heterocycles. The lowest BCUT2D eigenvalue weighted by Gasteiger charge is -2.25. The first kappa shape index (κ1) is 13.7. The first-order chi connectivity index (χ1) is 10.7. The summed E-state index contributed by atoms with van der Waals surface area (Å²) in [6.45, 7) is 7.13. The summed E-state index contributed by atoms with van der Waals surface area (Å²) in [6.07, 6.45) is 5.38. The monoisotopic (exact) mass is 298 g/mol. The van der Waals surface area contributed by atoms with E-state index in [0.29, 0.717) is 12.5 Å². The molecule has 0 spiro atoms. The molecule has 0 fully saturated rings. The molecule has 1 atom stereocenters. The molecule has 0 N–H and O–H groups in total. The maximum Gasteiger partial charge on any atom is 0.219 e. The van der Waals surface area contributed by atoms with Crippen molar-refractivity contribution in [2.24, 2.45) is 10.9 Å². The summed E-state index contributed by atoms with van der Waals surface area (Å²) in [7, 11) is 0. The van der Waals surface area contributed by atoms with Crippen molar-refractivity contribution in [2.75, 3.05) is 13.1 Å². The zero-order chi connectivity index (χ0) is 15.3. The first-order valence-corrected chi connectivity index (χ1v) is 8.25. The highest BCUT2D eigenvalue weighted by molar-refractivity contribution is 6.14. The molecule has 4 heterocycles. The van der Waals surface area contributed by atoms with Gasteiger partial charge in [0.05, 0.1) is 23.6 Å². The Kier molecular flexibility index (Phi) is 3.17. The van der Waals surface area contributed by atoms with E-state index in [2.05, 4.69) is 17.7 Å². The zero-order valence-corrected chi connectivity index (χ0v) is 13.3. The number of aromatic nitrogens is 2. The Morgan fingerprint density at radius 3 is 3.09 bits per heavy atom. The van der Waals surface area contributed by atoms with E-state index in [1.807, 2.05) is 4.90 Å². The Balaban J connectivity index is 1.82. The average molecular weight is 298 g/mol. The minimum absolute atomic E-state index is 0.148. The van der Waals surface area contributed by atoms with Crippen LogP contribution in [0, 0.1) is 5.92 Å². The van der Waals surface area contributed by atoms with E-state index < -0.39 is 0 Å². The van der Waals surface area contributed by atoms with Crippen molar-refractivity contribution in [2.45, 2.75) is 46.2 Å². The maximum atomic E-state index is 11.7. The SMILES string of the molecule is CCC1CC2=CCN=C2c2c3c(nn2C1)CCN(C(C)=O)C3. The van der Waals surface area contributed by atoms with Crippen LogP contribution in [0.2, 0.25) is 0 Å². The molecule has 116 valence electrons. The highest BCUT2D eigenvalue weighted by Gasteiger charge is 2.33. The third kappa shape index (κ3) is 2.02. The van der Waals surface area contributed by atoms with Crippen molar-refractivity contribution in [1.82, 2.24) is 14.7 Å². The Hall–Kier alpha value is -1.91. The molecule has 1 amide bonds. The molecule has 5 heteroatoms. The summed E-state index contributed by atoms with van der Waals surface area (Å²) in [6, 6.07) is 0. The summed E-state index contributed by atoms with van der Waals surface area (Å²) >= 11 is 0. The number of carbonyl (C=O) groups excluding carboxylic acids is 1. The standard InChI is InChI=1S/C17H22N4O/c1-3-12-8-13-4-6-18-16(13)17-14-10-20(11(2)22)7-5-15(14)19-21(17)9-12/h4,12H,3,5-10H2,1-2H3. The molecule has 3 aliphatic heterocycles. The molecule has 0 saturated carbocycles. The van der Waals surface area contributed by atoms with Gasteiger partial charge in [0.1, 0.15) is 0 Å². The molecule has 0 bridgehead atoms. The van der Waals surface area contributed by atoms with Crippen LogP contribution in [-0.4, -0.2) is 39.4 Å². The normalized spacial score (nSPS) is 23.2. The molecule has 3 aliphatic rings. The van der Waals surface area contributed by atoms with Crippen LogP contribution in [0.3, 0.4) is 0 Å². The second-order valence-corrected chi connectivity index (χ2v) is 6.54. The number of amides is 1. The van der Waals surface area contributed by atoms with Crippen LogP contribution in [-0.2, 0) is 24.3 Å². The molecule has 0 aliphatic carbocycles. The molecular formula is C17H22N4O. The van der Waals surface area contributed by atoms with Gasteiger partial charge in [0.25, 0.3) is 0 Å². The second kappa shape index (κ2) is 5.07. The molecule has 0 aromatic carbocycles. The predicted molar refractivity (Wildman–Crippen MR) is 84.9 cm³/mol. The fraction of sp³-hybridized carbons (Fsp3) is 0.588. The van der Waals surface area contributed by atoms with Gasteiger partial charge in [0.15, 0.2) is 0 Å². The number of rotatable bonds is 1. The quantitative estimate of drug-likeness (QED) is 0.795. The number of allylic oxidation sites excluding steroid dienone is 1. The molecule has 0 radical (unpaired) electrons. The first-order valence-electron chi connectivity index (χ1n) is 8.25. The lowest BCUT2D eigenvalue weighted by molar-refractivity contribution is -0.129. The molecule has 5 nitrogen and oxygen atoms in total. The minimum Gasteiger partial charge on any atom is -0.338 e. The van der Waals surface area contributed by atoms with E-state index in [9.17, 15) is 4.79 Å². The Bertz CT molecular complexity index is 698. The summed E-state index contributed by atoms with van der Waals surface area (Å²) in [5.41, 5.74) is 6.09. The largest absolute Gasteiger partial charge is 0.338 e. The summed E-state index contributed by atoms with van der Waals surface area (Å²) in [4.78, 5) is 18.4. The van der Waals surface area contributed by atoms with Gasteiger partial charge < -0.3 is 4.90 Å². The summed E-state index contributed by atoms with van der Waals surface area (Å²) < 4.78 is 2.17. The van der Waals surface area contributed by atoms with Crippen LogP contribution in [0.1, 0.15) is 43.6 Å². The topological polar surface area (TPSA) is 50.5 Å². The van der Waals surface area contributed by atoms with Crippen molar-refractivity contribution < 1.29 is 4.79 Å². The number of carbonyl (C=O) groups is 1. The van der Waals surface area contributed by atoms with E-state index in [1.54, 1.807) is 6.92 Å². The third-order valence-corrected chi connectivity index (χ3v) is 5.18. The van der Waals surface area contributed by atoms with Crippen LogP contribution in [0.5, 0.6) is 0 Å². The van der Waals surface area contributed by atoms with Crippen LogP contribution < -0.4 is 0 Å². The van der Waals surface area contributed by atoms with Crippen molar-refractivity contribution in [1.29, 1.82) is 0 Å². The van der Waals surface area contributed by atoms with E-state index in [0.717, 1.165) is 44.6 Å². The zero-order valence-electron chi connectivity index (χ0n) is 13.3. The molecule has 1 unspecified atom stereocenters. The van der Waals surface area contributed by atoms with Crippen LogP contribution in [0.4, 0.5) is 0 Å². The number of aliphatic imine (C=N–C) groups is 1. The Morgan fingerprint density at radius 1 is 1.45 bits per heavy atom. The number of fused-ring (bicyclic) bond motifs is 5. The molecule has 1 aromatic rings. The van der Waals surface area contributed by atoms with Gasteiger partial charge in [-0.25, -0.2) is 0 Å². The lowest BCUT2D eigenvalue weighted by atomic mass is 9.94. The van der Waals surface area contributed by atoms with Crippen molar-refractivity contribution >= 4 is 11.6 Å². The lowest BCUT2D eigenvalue weighted by Crippen LogP contribution is -2.34. The van der Waals surface area contributed by atoms with Gasteiger partial charge in [-0.3, -0.25) is 14.5 Å². The van der Waals surface area contributed by atoms with Crippen molar-refractivity contribution in [3.05, 3.63) is 28.6 Å². The number of hydrogen-bond acceptors (Lipinski definition) is 3. The van der Waals surface area contributed by atoms with E-state index >= 15 is 0 Å². The minimum atomic E-state index is 0.148. The highest BCUT2D eigenvalue weighted by atomic mass is 16.2. The van der Waals surface area contributed by atoms with Crippen molar-refractivity contribution in [3.8, 4) is 0 Å². The van der Waals surface area contributed by atoms with Gasteiger partial charge in [0, 0.05) is 38.5 Å². The average Bonchev–Trinajstić information content (AvgIpc) is 3.06. The van der Waals surface area contributed by atoms with E-state index in [1.165, 1.54) is 22.5 Å². The number of nitrogens with zero attached hydrogens (tertiary/aromatic N) is 4. The summed E-state index contributed by atoms with van der Waals surface area (Å²) in [5, 5.41) is 4.87. The smallest absolute Gasteiger partial charge is 0.219 e. The van der Waals surface area contributed by atoms with Crippen molar-refractivity contribution in [3.63, 3.8) is 0 Å². The van der Waals surface area contributed by atoms with Crippen LogP contribution in [0.15, 0.2) is 16.6 Å². The second-order valence-electron chi connectivity index (χ2n) is 6.54.